The SMILES string of the molecule is CCNc1cc(OCc2ccccc2Br)nc(C2CC2)n1. The number of nitrogens with one attached hydrogen (secondary N) is 1. The summed E-state index contributed by atoms with van der Waals surface area (Å²) in [5.74, 6) is 2.89. The molecule has 5 heteroatoms. The van der Waals surface area contributed by atoms with Crippen molar-refractivity contribution in [2.24, 2.45) is 0 Å². The lowest BCUT2D eigenvalue weighted by molar-refractivity contribution is 0.291. The Morgan fingerprint density at radius 1 is 1.29 bits per heavy atom. The standard InChI is InChI=1S/C16H18BrN3O/c1-2-18-14-9-15(20-16(19-14)11-7-8-11)21-10-12-5-3-4-6-13(12)17/h3-6,9,11H,2,7-8,10H2,1H3,(H,18,19,20). The van der Waals surface area contributed by atoms with E-state index in [0.717, 1.165) is 28.2 Å². The van der Waals surface area contributed by atoms with E-state index >= 15 is 0 Å². The van der Waals surface area contributed by atoms with E-state index < -0.39 is 0 Å². The van der Waals surface area contributed by atoms with Gasteiger partial charge in [0.15, 0.2) is 0 Å². The highest BCUT2D eigenvalue weighted by Gasteiger charge is 2.27. The molecule has 0 unspecified atom stereocenters. The van der Waals surface area contributed by atoms with Crippen LogP contribution >= 0.6 is 15.9 Å². The number of hydrogen-bond donors (Lipinski definition) is 1. The van der Waals surface area contributed by atoms with Crippen LogP contribution in [-0.4, -0.2) is 16.5 Å². The fraction of sp³-hybridized carbons (Fsp3) is 0.375. The number of nitrogens with zero attached hydrogens (tertiary/aromatic N) is 2. The second-order valence-electron chi connectivity index (χ2n) is 5.13. The van der Waals surface area contributed by atoms with E-state index in [1.807, 2.05) is 30.3 Å². The molecule has 1 saturated carbocycles. The molecular weight excluding hydrogens is 330 g/mol. The molecule has 1 aliphatic carbocycles. The molecule has 1 aliphatic rings. The van der Waals surface area contributed by atoms with Crippen LogP contribution in [-0.2, 0) is 6.61 Å². The summed E-state index contributed by atoms with van der Waals surface area (Å²) < 4.78 is 6.91. The molecule has 4 nitrogen and oxygen atoms in total. The first-order valence-corrected chi connectivity index (χ1v) is 8.04. The molecule has 0 saturated heterocycles. The van der Waals surface area contributed by atoms with Gasteiger partial charge in [-0.2, -0.15) is 4.98 Å². The minimum atomic E-state index is 0.494. The molecular formula is C16H18BrN3O. The first-order valence-electron chi connectivity index (χ1n) is 7.25. The Balaban J connectivity index is 1.76. The molecule has 21 heavy (non-hydrogen) atoms. The zero-order valence-electron chi connectivity index (χ0n) is 12.0. The van der Waals surface area contributed by atoms with Gasteiger partial charge >= 0.3 is 0 Å². The van der Waals surface area contributed by atoms with Crippen molar-refractivity contribution < 1.29 is 4.74 Å². The van der Waals surface area contributed by atoms with Gasteiger partial charge in [-0.05, 0) is 25.8 Å². The van der Waals surface area contributed by atoms with E-state index in [9.17, 15) is 0 Å². The fourth-order valence-electron chi connectivity index (χ4n) is 2.08. The molecule has 1 fully saturated rings. The minimum Gasteiger partial charge on any atom is -0.473 e. The number of anilines is 1. The predicted molar refractivity (Wildman–Crippen MR) is 86.6 cm³/mol. The molecule has 0 radical (unpaired) electrons. The van der Waals surface area contributed by atoms with Gasteiger partial charge in [0, 0.05) is 28.6 Å². The van der Waals surface area contributed by atoms with Crippen LogP contribution in [0.4, 0.5) is 5.82 Å². The van der Waals surface area contributed by atoms with Crippen LogP contribution < -0.4 is 10.1 Å². The molecule has 1 aromatic carbocycles. The zero-order chi connectivity index (χ0) is 14.7. The van der Waals surface area contributed by atoms with E-state index in [1.165, 1.54) is 12.8 Å². The fourth-order valence-corrected chi connectivity index (χ4v) is 2.48. The van der Waals surface area contributed by atoms with Crippen LogP contribution in [0.3, 0.4) is 0 Å². The lowest BCUT2D eigenvalue weighted by atomic mass is 10.2. The van der Waals surface area contributed by atoms with Gasteiger partial charge in [0.05, 0.1) is 0 Å². The summed E-state index contributed by atoms with van der Waals surface area (Å²) in [6, 6.07) is 9.92. The van der Waals surface area contributed by atoms with Crippen molar-refractivity contribution in [3.05, 3.63) is 46.2 Å². The van der Waals surface area contributed by atoms with Crippen LogP contribution in [0.1, 0.15) is 37.1 Å². The van der Waals surface area contributed by atoms with Crippen LogP contribution in [0.15, 0.2) is 34.8 Å². The summed E-state index contributed by atoms with van der Waals surface area (Å²) >= 11 is 3.53. The number of halogens is 1. The molecule has 0 aliphatic heterocycles. The normalized spacial score (nSPS) is 14.0. The maximum absolute atomic E-state index is 5.86. The molecule has 0 atom stereocenters. The Kier molecular flexibility index (Phi) is 4.39. The van der Waals surface area contributed by atoms with Crippen LogP contribution in [0.2, 0.25) is 0 Å². The highest BCUT2D eigenvalue weighted by atomic mass is 79.9. The van der Waals surface area contributed by atoms with Crippen molar-refractivity contribution in [3.8, 4) is 5.88 Å². The highest BCUT2D eigenvalue weighted by molar-refractivity contribution is 9.10. The van der Waals surface area contributed by atoms with Crippen molar-refractivity contribution in [1.82, 2.24) is 9.97 Å². The molecule has 2 aromatic rings. The van der Waals surface area contributed by atoms with Gasteiger partial charge in [-0.1, -0.05) is 34.1 Å². The zero-order valence-corrected chi connectivity index (χ0v) is 13.6. The monoisotopic (exact) mass is 347 g/mol. The Bertz CT molecular complexity index is 629. The highest BCUT2D eigenvalue weighted by Crippen LogP contribution is 2.39. The summed E-state index contributed by atoms with van der Waals surface area (Å²) in [6.07, 6.45) is 2.36. The third-order valence-corrected chi connectivity index (χ3v) is 4.13. The van der Waals surface area contributed by atoms with E-state index in [2.05, 4.69) is 38.1 Å². The Morgan fingerprint density at radius 2 is 2.10 bits per heavy atom. The van der Waals surface area contributed by atoms with E-state index in [1.54, 1.807) is 0 Å². The van der Waals surface area contributed by atoms with Crippen LogP contribution in [0.5, 0.6) is 5.88 Å². The Labute approximate surface area is 133 Å². The van der Waals surface area contributed by atoms with E-state index in [0.29, 0.717) is 18.4 Å². The molecule has 3 rings (SSSR count). The van der Waals surface area contributed by atoms with Gasteiger partial charge in [-0.3, -0.25) is 0 Å². The lowest BCUT2D eigenvalue weighted by Gasteiger charge is -2.10. The van der Waals surface area contributed by atoms with Gasteiger partial charge in [0.25, 0.3) is 0 Å². The number of rotatable bonds is 6. The average molecular weight is 348 g/mol. The van der Waals surface area contributed by atoms with Crippen molar-refractivity contribution in [1.29, 1.82) is 0 Å². The smallest absolute Gasteiger partial charge is 0.219 e. The topological polar surface area (TPSA) is 47.0 Å². The first-order chi connectivity index (χ1) is 10.3. The molecule has 0 amide bonds. The summed E-state index contributed by atoms with van der Waals surface area (Å²) in [5.41, 5.74) is 1.11. The van der Waals surface area contributed by atoms with Crippen LogP contribution in [0, 0.1) is 0 Å². The minimum absolute atomic E-state index is 0.494. The maximum Gasteiger partial charge on any atom is 0.219 e. The molecule has 1 heterocycles. The molecule has 110 valence electrons. The van der Waals surface area contributed by atoms with Gasteiger partial charge < -0.3 is 10.1 Å². The molecule has 1 N–H and O–H groups in total. The van der Waals surface area contributed by atoms with E-state index in [4.69, 9.17) is 4.74 Å². The van der Waals surface area contributed by atoms with Crippen LogP contribution in [0.25, 0.3) is 0 Å². The van der Waals surface area contributed by atoms with Crippen molar-refractivity contribution in [2.75, 3.05) is 11.9 Å². The lowest BCUT2D eigenvalue weighted by Crippen LogP contribution is -2.06. The Morgan fingerprint density at radius 3 is 2.81 bits per heavy atom. The largest absolute Gasteiger partial charge is 0.473 e. The quantitative estimate of drug-likeness (QED) is 0.853. The van der Waals surface area contributed by atoms with Gasteiger partial charge in [0.1, 0.15) is 18.2 Å². The predicted octanol–water partition coefficient (Wildman–Crippen LogP) is 4.13. The van der Waals surface area contributed by atoms with Gasteiger partial charge in [0.2, 0.25) is 5.88 Å². The van der Waals surface area contributed by atoms with Gasteiger partial charge in [-0.25, -0.2) is 4.98 Å². The van der Waals surface area contributed by atoms with Crippen molar-refractivity contribution >= 4 is 21.7 Å². The third kappa shape index (κ3) is 3.73. The van der Waals surface area contributed by atoms with E-state index in [-0.39, 0.29) is 0 Å². The third-order valence-electron chi connectivity index (χ3n) is 3.35. The first kappa shape index (κ1) is 14.3. The number of benzene rings is 1. The maximum atomic E-state index is 5.86. The second kappa shape index (κ2) is 6.43. The average Bonchev–Trinajstić information content (AvgIpc) is 3.31. The summed E-state index contributed by atoms with van der Waals surface area (Å²) in [7, 11) is 0. The molecule has 1 aromatic heterocycles. The Hall–Kier alpha value is -1.62. The number of ether oxygens (including phenoxy) is 1. The van der Waals surface area contributed by atoms with Crippen molar-refractivity contribution in [2.45, 2.75) is 32.3 Å². The number of aromatic nitrogens is 2. The second-order valence-corrected chi connectivity index (χ2v) is 5.99. The summed E-state index contributed by atoms with van der Waals surface area (Å²) in [5, 5.41) is 3.24. The summed E-state index contributed by atoms with van der Waals surface area (Å²) in [4.78, 5) is 9.08. The molecule has 0 bridgehead atoms. The summed E-state index contributed by atoms with van der Waals surface area (Å²) in [6.45, 7) is 3.39. The molecule has 0 spiro atoms. The number of hydrogen-bond acceptors (Lipinski definition) is 4. The van der Waals surface area contributed by atoms with Gasteiger partial charge in [-0.15, -0.1) is 0 Å². The van der Waals surface area contributed by atoms with Crippen molar-refractivity contribution in [3.63, 3.8) is 0 Å².